The molecule has 0 radical (unpaired) electrons. The van der Waals surface area contributed by atoms with E-state index in [0.717, 1.165) is 12.1 Å². The zero-order valence-corrected chi connectivity index (χ0v) is 11.6. The Morgan fingerprint density at radius 2 is 2.06 bits per heavy atom. The van der Waals surface area contributed by atoms with Crippen molar-refractivity contribution in [1.82, 2.24) is 5.32 Å². The highest BCUT2D eigenvalue weighted by molar-refractivity contribution is 5.56. The zero-order valence-electron chi connectivity index (χ0n) is 11.6. The van der Waals surface area contributed by atoms with E-state index in [9.17, 15) is 9.50 Å². The van der Waals surface area contributed by atoms with E-state index in [0.29, 0.717) is 5.69 Å². The molecule has 102 valence electrons. The molecule has 0 heterocycles. The van der Waals surface area contributed by atoms with Crippen LogP contribution in [0.4, 0.5) is 10.1 Å². The fourth-order valence-electron chi connectivity index (χ4n) is 2.01. The molecule has 0 aromatic heterocycles. The quantitative estimate of drug-likeness (QED) is 0.817. The van der Waals surface area contributed by atoms with Crippen molar-refractivity contribution in [3.05, 3.63) is 29.6 Å². The second-order valence-electron chi connectivity index (χ2n) is 4.60. The Morgan fingerprint density at radius 1 is 1.39 bits per heavy atom. The normalized spacial score (nSPS) is 14.3. The van der Waals surface area contributed by atoms with Crippen LogP contribution < -0.4 is 10.2 Å². The molecule has 0 aliphatic heterocycles. The lowest BCUT2D eigenvalue weighted by Crippen LogP contribution is -2.34. The summed E-state index contributed by atoms with van der Waals surface area (Å²) in [7, 11) is 1.81. The summed E-state index contributed by atoms with van der Waals surface area (Å²) in [5, 5.41) is 12.5. The number of rotatable bonds is 6. The summed E-state index contributed by atoms with van der Waals surface area (Å²) in [6, 6.07) is 5.06. The first-order chi connectivity index (χ1) is 8.52. The number of nitrogens with zero attached hydrogens (tertiary/aromatic N) is 1. The van der Waals surface area contributed by atoms with Crippen LogP contribution in [0.3, 0.4) is 0 Å². The van der Waals surface area contributed by atoms with E-state index in [-0.39, 0.29) is 24.5 Å². The Kier molecular flexibility index (Phi) is 5.56. The van der Waals surface area contributed by atoms with Crippen molar-refractivity contribution in [2.45, 2.75) is 32.9 Å². The Balaban J connectivity index is 3.15. The van der Waals surface area contributed by atoms with Crippen LogP contribution in [0.25, 0.3) is 0 Å². The minimum Gasteiger partial charge on any atom is -0.394 e. The van der Waals surface area contributed by atoms with Gasteiger partial charge in [0.25, 0.3) is 0 Å². The Hall–Kier alpha value is -1.13. The first-order valence-electron chi connectivity index (χ1n) is 6.38. The minimum atomic E-state index is -0.250. The third kappa shape index (κ3) is 3.21. The molecule has 0 aliphatic carbocycles. The maximum absolute atomic E-state index is 14.0. The van der Waals surface area contributed by atoms with E-state index >= 15 is 0 Å². The number of aliphatic hydroxyl groups is 1. The van der Waals surface area contributed by atoms with Crippen molar-refractivity contribution >= 4 is 5.69 Å². The highest BCUT2D eigenvalue weighted by atomic mass is 19.1. The summed E-state index contributed by atoms with van der Waals surface area (Å²) >= 11 is 0. The van der Waals surface area contributed by atoms with Crippen molar-refractivity contribution in [2.24, 2.45) is 0 Å². The Bertz CT molecular complexity index is 384. The molecular weight excluding hydrogens is 231 g/mol. The van der Waals surface area contributed by atoms with Crippen molar-refractivity contribution in [3.8, 4) is 0 Å². The average molecular weight is 254 g/mol. The van der Waals surface area contributed by atoms with Crippen LogP contribution in [0.1, 0.15) is 32.4 Å². The van der Waals surface area contributed by atoms with Crippen LogP contribution in [0.2, 0.25) is 0 Å². The predicted octanol–water partition coefficient (Wildman–Crippen LogP) is 2.31. The summed E-state index contributed by atoms with van der Waals surface area (Å²) < 4.78 is 14.0. The van der Waals surface area contributed by atoms with Gasteiger partial charge in [-0.3, -0.25) is 0 Å². The van der Waals surface area contributed by atoms with Crippen LogP contribution >= 0.6 is 0 Å². The smallest absolute Gasteiger partial charge is 0.146 e. The third-order valence-electron chi connectivity index (χ3n) is 3.27. The number of hydrogen-bond acceptors (Lipinski definition) is 3. The maximum Gasteiger partial charge on any atom is 0.146 e. The fraction of sp³-hybridized carbons (Fsp3) is 0.571. The van der Waals surface area contributed by atoms with Crippen LogP contribution in [-0.2, 0) is 0 Å². The molecule has 2 atom stereocenters. The molecule has 3 nitrogen and oxygen atoms in total. The highest BCUT2D eigenvalue weighted by Gasteiger charge is 2.19. The molecule has 4 heteroatoms. The monoisotopic (exact) mass is 254 g/mol. The highest BCUT2D eigenvalue weighted by Crippen LogP contribution is 2.29. The van der Waals surface area contributed by atoms with Gasteiger partial charge in [-0.15, -0.1) is 0 Å². The number of hydrogen-bond donors (Lipinski definition) is 2. The van der Waals surface area contributed by atoms with Gasteiger partial charge >= 0.3 is 0 Å². The molecule has 1 aromatic carbocycles. The van der Waals surface area contributed by atoms with Gasteiger partial charge in [0.1, 0.15) is 5.82 Å². The number of nitrogens with one attached hydrogen (secondary N) is 1. The van der Waals surface area contributed by atoms with Crippen molar-refractivity contribution in [3.63, 3.8) is 0 Å². The summed E-state index contributed by atoms with van der Waals surface area (Å²) in [4.78, 5) is 1.79. The maximum atomic E-state index is 14.0. The standard InChI is InChI=1S/C14H23FN2O/c1-5-16-11(3)12-7-6-8-13(15)14(12)17(4)10(2)9-18/h6-8,10-11,16,18H,5,9H2,1-4H3. The van der Waals surface area contributed by atoms with Crippen molar-refractivity contribution < 1.29 is 9.50 Å². The van der Waals surface area contributed by atoms with Gasteiger partial charge in [0.2, 0.25) is 0 Å². The predicted molar refractivity (Wildman–Crippen MR) is 73.4 cm³/mol. The summed E-state index contributed by atoms with van der Waals surface area (Å²) in [6.07, 6.45) is 0. The molecule has 0 saturated carbocycles. The number of aliphatic hydroxyl groups excluding tert-OH is 1. The molecule has 0 bridgehead atoms. The number of para-hydroxylation sites is 1. The molecule has 2 unspecified atom stereocenters. The SMILES string of the molecule is CCNC(C)c1cccc(F)c1N(C)C(C)CO. The molecule has 1 aromatic rings. The summed E-state index contributed by atoms with van der Waals surface area (Å²) in [5.74, 6) is -0.250. The molecule has 0 amide bonds. The lowest BCUT2D eigenvalue weighted by atomic mass is 10.0. The fourth-order valence-corrected chi connectivity index (χ4v) is 2.01. The van der Waals surface area contributed by atoms with Crippen molar-refractivity contribution in [1.29, 1.82) is 0 Å². The third-order valence-corrected chi connectivity index (χ3v) is 3.27. The number of anilines is 1. The minimum absolute atomic E-state index is 0.000137. The van der Waals surface area contributed by atoms with Crippen LogP contribution in [0, 0.1) is 5.82 Å². The summed E-state index contributed by atoms with van der Waals surface area (Å²) in [6.45, 7) is 6.74. The van der Waals surface area contributed by atoms with E-state index in [1.165, 1.54) is 6.07 Å². The Morgan fingerprint density at radius 3 is 2.61 bits per heavy atom. The van der Waals surface area contributed by atoms with Crippen LogP contribution in [0.15, 0.2) is 18.2 Å². The van der Waals surface area contributed by atoms with Gasteiger partial charge in [0.05, 0.1) is 12.3 Å². The van der Waals surface area contributed by atoms with Gasteiger partial charge in [-0.1, -0.05) is 19.1 Å². The number of benzene rings is 1. The van der Waals surface area contributed by atoms with E-state index < -0.39 is 0 Å². The van der Waals surface area contributed by atoms with Gasteiger partial charge in [-0.2, -0.15) is 0 Å². The van der Waals surface area contributed by atoms with E-state index in [4.69, 9.17) is 0 Å². The second kappa shape index (κ2) is 6.71. The first-order valence-corrected chi connectivity index (χ1v) is 6.38. The molecule has 18 heavy (non-hydrogen) atoms. The largest absolute Gasteiger partial charge is 0.394 e. The molecule has 0 fully saturated rings. The molecule has 0 spiro atoms. The lowest BCUT2D eigenvalue weighted by Gasteiger charge is -2.30. The number of likely N-dealkylation sites (N-methyl/N-ethyl adjacent to an activating group) is 1. The van der Waals surface area contributed by atoms with Crippen LogP contribution in [0.5, 0.6) is 0 Å². The van der Waals surface area contributed by atoms with E-state index in [2.05, 4.69) is 5.32 Å². The average Bonchev–Trinajstić information content (AvgIpc) is 2.37. The molecule has 0 saturated heterocycles. The van der Waals surface area contributed by atoms with E-state index in [1.54, 1.807) is 11.0 Å². The second-order valence-corrected chi connectivity index (χ2v) is 4.60. The molecular formula is C14H23FN2O. The van der Waals surface area contributed by atoms with Gasteiger partial charge in [-0.25, -0.2) is 4.39 Å². The molecule has 0 aliphatic rings. The zero-order chi connectivity index (χ0) is 13.7. The molecule has 1 rings (SSSR count). The Labute approximate surface area is 109 Å². The summed E-state index contributed by atoms with van der Waals surface area (Å²) in [5.41, 5.74) is 1.48. The lowest BCUT2D eigenvalue weighted by molar-refractivity contribution is 0.269. The van der Waals surface area contributed by atoms with Gasteiger partial charge in [0.15, 0.2) is 0 Å². The van der Waals surface area contributed by atoms with Gasteiger partial charge in [0, 0.05) is 19.1 Å². The van der Waals surface area contributed by atoms with Gasteiger partial charge < -0.3 is 15.3 Å². The first kappa shape index (κ1) is 14.9. The van der Waals surface area contributed by atoms with Gasteiger partial charge in [-0.05, 0) is 32.0 Å². The van der Waals surface area contributed by atoms with Crippen molar-refractivity contribution in [2.75, 3.05) is 25.1 Å². The van der Waals surface area contributed by atoms with Crippen LogP contribution in [-0.4, -0.2) is 31.3 Å². The molecule has 2 N–H and O–H groups in total. The number of halogens is 1. The van der Waals surface area contributed by atoms with E-state index in [1.807, 2.05) is 33.9 Å². The topological polar surface area (TPSA) is 35.5 Å².